The van der Waals surface area contributed by atoms with Crippen LogP contribution in [0, 0.1) is 5.92 Å². The highest BCUT2D eigenvalue weighted by Gasteiger charge is 2.38. The van der Waals surface area contributed by atoms with Crippen LogP contribution in [-0.4, -0.2) is 48.5 Å². The molecule has 0 saturated carbocycles. The number of amides is 3. The first kappa shape index (κ1) is 31.9. The number of hydrogen-bond donors (Lipinski definition) is 0. The first-order chi connectivity index (χ1) is 22.9. The summed E-state index contributed by atoms with van der Waals surface area (Å²) in [4.78, 5) is 44.8. The molecule has 2 heterocycles. The fourth-order valence-electron chi connectivity index (χ4n) is 6.65. The van der Waals surface area contributed by atoms with Crippen LogP contribution in [0.5, 0.6) is 5.75 Å². The number of ether oxygens (including phenoxy) is 2. The summed E-state index contributed by atoms with van der Waals surface area (Å²) in [5.74, 6) is 0.915. The van der Waals surface area contributed by atoms with E-state index in [1.807, 2.05) is 126 Å². The molecule has 4 aromatic rings. The number of benzene rings is 4. The molecule has 47 heavy (non-hydrogen) atoms. The maximum Gasteiger partial charge on any atom is 0.410 e. The quantitative estimate of drug-likeness (QED) is 0.200. The lowest BCUT2D eigenvalue weighted by molar-refractivity contribution is -0.117. The monoisotopic (exact) mass is 631 g/mol. The standard InChI is InChI=1S/C39H41N3O5/c1-28-25-37(42(29(2)43)33-13-7-4-8-14-33)35-15-9-10-16-36(35)41(28)38(44)32-17-19-34(20-18-32)46-26-31-21-23-40(24-22-31)39(45)47-27-30-11-5-3-6-12-30/h3-20,28,31,37H,21-27H2,1-2H3/t28-,37+/m0/s1. The summed E-state index contributed by atoms with van der Waals surface area (Å²) in [7, 11) is 0. The molecule has 242 valence electrons. The van der Waals surface area contributed by atoms with Crippen molar-refractivity contribution in [3.05, 3.63) is 126 Å². The van der Waals surface area contributed by atoms with E-state index in [0.29, 0.717) is 43.3 Å². The molecule has 8 heteroatoms. The van der Waals surface area contributed by atoms with Gasteiger partial charge in [-0.3, -0.25) is 9.59 Å². The predicted octanol–water partition coefficient (Wildman–Crippen LogP) is 7.65. The molecule has 0 aliphatic carbocycles. The Balaban J connectivity index is 1.05. The molecule has 2 aliphatic heterocycles. The lowest BCUT2D eigenvalue weighted by atomic mass is 9.89. The van der Waals surface area contributed by atoms with Crippen LogP contribution >= 0.6 is 0 Å². The van der Waals surface area contributed by atoms with Crippen LogP contribution in [-0.2, 0) is 16.1 Å². The maximum atomic E-state index is 13.9. The molecule has 2 atom stereocenters. The molecule has 0 radical (unpaired) electrons. The van der Waals surface area contributed by atoms with Crippen molar-refractivity contribution in [3.63, 3.8) is 0 Å². The Morgan fingerprint density at radius 1 is 0.809 bits per heavy atom. The van der Waals surface area contributed by atoms with Gasteiger partial charge in [-0.1, -0.05) is 66.7 Å². The molecule has 8 nitrogen and oxygen atoms in total. The zero-order valence-corrected chi connectivity index (χ0v) is 27.0. The van der Waals surface area contributed by atoms with Crippen LogP contribution in [0.25, 0.3) is 0 Å². The molecule has 1 saturated heterocycles. The van der Waals surface area contributed by atoms with Gasteiger partial charge in [-0.05, 0) is 85.7 Å². The molecular weight excluding hydrogens is 590 g/mol. The molecule has 0 bridgehead atoms. The smallest absolute Gasteiger partial charge is 0.410 e. The summed E-state index contributed by atoms with van der Waals surface area (Å²) in [6, 6.07) is 34.3. The normalized spacial score (nSPS) is 17.8. The summed E-state index contributed by atoms with van der Waals surface area (Å²) >= 11 is 0. The van der Waals surface area contributed by atoms with Gasteiger partial charge in [0.05, 0.1) is 12.6 Å². The second-order valence-corrected chi connectivity index (χ2v) is 12.4. The highest BCUT2D eigenvalue weighted by Crippen LogP contribution is 2.42. The van der Waals surface area contributed by atoms with Gasteiger partial charge < -0.3 is 24.2 Å². The van der Waals surface area contributed by atoms with Gasteiger partial charge in [0.15, 0.2) is 0 Å². The van der Waals surface area contributed by atoms with E-state index in [1.165, 1.54) is 0 Å². The largest absolute Gasteiger partial charge is 0.493 e. The number of hydrogen-bond acceptors (Lipinski definition) is 5. The van der Waals surface area contributed by atoms with Crippen molar-refractivity contribution < 1.29 is 23.9 Å². The van der Waals surface area contributed by atoms with Gasteiger partial charge in [0.25, 0.3) is 5.91 Å². The molecule has 0 unspecified atom stereocenters. The lowest BCUT2D eigenvalue weighted by Gasteiger charge is -2.43. The van der Waals surface area contributed by atoms with E-state index in [9.17, 15) is 14.4 Å². The van der Waals surface area contributed by atoms with Gasteiger partial charge >= 0.3 is 6.09 Å². The number of nitrogens with zero attached hydrogens (tertiary/aromatic N) is 3. The van der Waals surface area contributed by atoms with E-state index in [-0.39, 0.29) is 36.6 Å². The Morgan fingerprint density at radius 3 is 2.13 bits per heavy atom. The van der Waals surface area contributed by atoms with E-state index < -0.39 is 0 Å². The maximum absolute atomic E-state index is 13.9. The van der Waals surface area contributed by atoms with Crippen molar-refractivity contribution >= 4 is 29.3 Å². The van der Waals surface area contributed by atoms with E-state index in [0.717, 1.165) is 35.3 Å². The van der Waals surface area contributed by atoms with Gasteiger partial charge in [0.2, 0.25) is 5.91 Å². The zero-order valence-electron chi connectivity index (χ0n) is 27.0. The van der Waals surface area contributed by atoms with Crippen molar-refractivity contribution in [1.29, 1.82) is 0 Å². The van der Waals surface area contributed by atoms with Gasteiger partial charge in [0.1, 0.15) is 12.4 Å². The molecule has 4 aromatic carbocycles. The van der Waals surface area contributed by atoms with Crippen LogP contribution in [0.2, 0.25) is 0 Å². The zero-order chi connectivity index (χ0) is 32.8. The van der Waals surface area contributed by atoms with Crippen molar-refractivity contribution in [3.8, 4) is 5.75 Å². The third-order valence-corrected chi connectivity index (χ3v) is 9.13. The molecule has 6 rings (SSSR count). The number of carbonyl (C=O) groups excluding carboxylic acids is 3. The minimum Gasteiger partial charge on any atom is -0.493 e. The molecule has 0 aromatic heterocycles. The number of carbonyl (C=O) groups is 3. The number of rotatable bonds is 8. The Labute approximate surface area is 276 Å². The first-order valence-electron chi connectivity index (χ1n) is 16.3. The molecule has 1 fully saturated rings. The van der Waals surface area contributed by atoms with Crippen LogP contribution in [0.3, 0.4) is 0 Å². The average molecular weight is 632 g/mol. The molecule has 2 aliphatic rings. The topological polar surface area (TPSA) is 79.4 Å². The van der Waals surface area contributed by atoms with E-state index in [4.69, 9.17) is 9.47 Å². The Hall–Kier alpha value is -5.11. The van der Waals surface area contributed by atoms with Gasteiger partial charge in [-0.15, -0.1) is 0 Å². The lowest BCUT2D eigenvalue weighted by Crippen LogP contribution is -2.47. The summed E-state index contributed by atoms with van der Waals surface area (Å²) in [6.07, 6.45) is 2.02. The minimum atomic E-state index is -0.276. The summed E-state index contributed by atoms with van der Waals surface area (Å²) in [5, 5.41) is 0. The van der Waals surface area contributed by atoms with Crippen LogP contribution in [0.15, 0.2) is 109 Å². The van der Waals surface area contributed by atoms with Crippen LogP contribution < -0.4 is 14.5 Å². The number of piperidine rings is 1. The summed E-state index contributed by atoms with van der Waals surface area (Å²) in [5.41, 5.74) is 4.16. The Morgan fingerprint density at radius 2 is 1.45 bits per heavy atom. The number of para-hydroxylation sites is 2. The van der Waals surface area contributed by atoms with Crippen molar-refractivity contribution in [2.75, 3.05) is 29.5 Å². The fraction of sp³-hybridized carbons (Fsp3) is 0.308. The highest BCUT2D eigenvalue weighted by atomic mass is 16.6. The van der Waals surface area contributed by atoms with E-state index in [1.54, 1.807) is 11.8 Å². The Kier molecular flexibility index (Phi) is 9.86. The number of likely N-dealkylation sites (tertiary alicyclic amines) is 1. The highest BCUT2D eigenvalue weighted by molar-refractivity contribution is 6.07. The van der Waals surface area contributed by atoms with Gasteiger partial charge in [-0.2, -0.15) is 0 Å². The Bertz CT molecular complexity index is 1670. The van der Waals surface area contributed by atoms with Crippen molar-refractivity contribution in [2.45, 2.75) is 51.8 Å². The first-order valence-corrected chi connectivity index (χ1v) is 16.3. The third kappa shape index (κ3) is 7.32. The van der Waals surface area contributed by atoms with Gasteiger partial charge in [-0.25, -0.2) is 4.79 Å². The van der Waals surface area contributed by atoms with Crippen LogP contribution in [0.1, 0.15) is 60.6 Å². The third-order valence-electron chi connectivity index (χ3n) is 9.13. The second-order valence-electron chi connectivity index (χ2n) is 12.4. The minimum absolute atomic E-state index is 0.0366. The molecule has 0 N–H and O–H groups in total. The number of anilines is 2. The van der Waals surface area contributed by atoms with Crippen molar-refractivity contribution in [2.24, 2.45) is 5.92 Å². The van der Waals surface area contributed by atoms with Crippen LogP contribution in [0.4, 0.5) is 16.2 Å². The molecule has 0 spiro atoms. The summed E-state index contributed by atoms with van der Waals surface area (Å²) < 4.78 is 11.6. The molecule has 3 amide bonds. The van der Waals surface area contributed by atoms with E-state index in [2.05, 4.69) is 0 Å². The second kappa shape index (κ2) is 14.5. The number of fused-ring (bicyclic) bond motifs is 1. The summed E-state index contributed by atoms with van der Waals surface area (Å²) in [6.45, 7) is 5.73. The average Bonchev–Trinajstić information content (AvgIpc) is 3.11. The predicted molar refractivity (Wildman–Crippen MR) is 183 cm³/mol. The van der Waals surface area contributed by atoms with Crippen molar-refractivity contribution in [1.82, 2.24) is 4.90 Å². The molecular formula is C39H41N3O5. The fourth-order valence-corrected chi connectivity index (χ4v) is 6.65. The van der Waals surface area contributed by atoms with Gasteiger partial charge in [0, 0.05) is 43.0 Å². The van der Waals surface area contributed by atoms with E-state index >= 15 is 0 Å². The SMILES string of the molecule is CC(=O)N(c1ccccc1)[C@@H]1C[C@H](C)N(C(=O)c2ccc(OCC3CCN(C(=O)OCc4ccccc4)CC3)cc2)c2ccccc21.